The van der Waals surface area contributed by atoms with E-state index < -0.39 is 13.0 Å². The number of carbonyl (C=O) groups is 1. The Morgan fingerprint density at radius 2 is 1.88 bits per heavy atom. The number of pyridine rings is 1. The Bertz CT molecular complexity index is 884. The molecule has 0 radical (unpaired) electrons. The van der Waals surface area contributed by atoms with Gasteiger partial charge < -0.3 is 21.1 Å². The van der Waals surface area contributed by atoms with E-state index in [2.05, 4.69) is 10.3 Å². The number of amides is 1. The minimum absolute atomic E-state index is 0.143. The molecule has 0 aliphatic heterocycles. The van der Waals surface area contributed by atoms with Gasteiger partial charge in [-0.1, -0.05) is 30.3 Å². The number of anilines is 1. The van der Waals surface area contributed by atoms with Gasteiger partial charge in [-0.3, -0.25) is 9.78 Å². The second kappa shape index (κ2) is 7.44. The van der Waals surface area contributed by atoms with Gasteiger partial charge in [-0.2, -0.15) is 0 Å². The summed E-state index contributed by atoms with van der Waals surface area (Å²) in [5.41, 5.74) is 7.55. The van der Waals surface area contributed by atoms with E-state index in [1.807, 2.05) is 24.3 Å². The topological polar surface area (TPSA) is 108 Å². The van der Waals surface area contributed by atoms with Gasteiger partial charge in [0.25, 0.3) is 0 Å². The molecule has 1 aromatic heterocycles. The van der Waals surface area contributed by atoms with Crippen molar-refractivity contribution >= 4 is 34.9 Å². The zero-order valence-corrected chi connectivity index (χ0v) is 13.5. The minimum atomic E-state index is -1.54. The van der Waals surface area contributed by atoms with Gasteiger partial charge in [0.15, 0.2) is 0 Å². The van der Waals surface area contributed by atoms with Crippen molar-refractivity contribution in [1.29, 1.82) is 0 Å². The molecule has 2 aromatic carbocycles. The summed E-state index contributed by atoms with van der Waals surface area (Å²) in [4.78, 5) is 16.7. The number of hydrogen-bond donors (Lipinski definition) is 4. The molecule has 0 saturated carbocycles. The molecule has 0 saturated heterocycles. The molecule has 25 heavy (non-hydrogen) atoms. The van der Waals surface area contributed by atoms with E-state index in [9.17, 15) is 4.79 Å². The molecule has 0 spiro atoms. The minimum Gasteiger partial charge on any atom is -0.423 e. The van der Waals surface area contributed by atoms with Gasteiger partial charge in [0.1, 0.15) is 0 Å². The average Bonchev–Trinajstić information content (AvgIpc) is 2.62. The maximum atomic E-state index is 12.6. The van der Waals surface area contributed by atoms with Crippen LogP contribution in [0.5, 0.6) is 0 Å². The molecule has 0 aliphatic carbocycles. The van der Waals surface area contributed by atoms with Crippen molar-refractivity contribution in [2.75, 3.05) is 11.9 Å². The number of nitrogens with zero attached hydrogens (tertiary/aromatic N) is 1. The highest BCUT2D eigenvalue weighted by Gasteiger charge is 2.20. The maximum Gasteiger partial charge on any atom is 0.488 e. The van der Waals surface area contributed by atoms with Crippen LogP contribution in [0.2, 0.25) is 0 Å². The lowest BCUT2D eigenvalue weighted by atomic mass is 9.79. The largest absolute Gasteiger partial charge is 0.488 e. The molecule has 3 rings (SSSR count). The fourth-order valence-corrected chi connectivity index (χ4v) is 2.69. The lowest BCUT2D eigenvalue weighted by Crippen LogP contribution is -2.31. The maximum absolute atomic E-state index is 12.6. The van der Waals surface area contributed by atoms with Crippen LogP contribution >= 0.6 is 0 Å². The highest BCUT2D eigenvalue weighted by molar-refractivity contribution is 6.58. The van der Waals surface area contributed by atoms with Gasteiger partial charge in [-0.05, 0) is 34.6 Å². The summed E-state index contributed by atoms with van der Waals surface area (Å²) in [6.45, 7) is 0.143. The van der Waals surface area contributed by atoms with E-state index in [1.54, 1.807) is 36.7 Å². The highest BCUT2D eigenvalue weighted by Crippen LogP contribution is 2.21. The van der Waals surface area contributed by atoms with Crippen molar-refractivity contribution in [3.8, 4) is 0 Å². The Kier molecular flexibility index (Phi) is 5.09. The SMILES string of the molecule is NCC(C(=O)Nc1ccc2cnccc2c1)c1ccc(B(O)O)cc1. The van der Waals surface area contributed by atoms with Crippen LogP contribution in [0.4, 0.5) is 5.69 Å². The number of nitrogens with two attached hydrogens (primary N) is 1. The number of carbonyl (C=O) groups excluding carboxylic acids is 1. The van der Waals surface area contributed by atoms with Crippen LogP contribution in [0.25, 0.3) is 10.8 Å². The Morgan fingerprint density at radius 1 is 1.12 bits per heavy atom. The third-order valence-corrected chi connectivity index (χ3v) is 4.10. The fourth-order valence-electron chi connectivity index (χ4n) is 2.69. The summed E-state index contributed by atoms with van der Waals surface area (Å²) in [7, 11) is -1.54. The van der Waals surface area contributed by atoms with Crippen molar-refractivity contribution in [2.24, 2.45) is 5.73 Å². The zero-order valence-electron chi connectivity index (χ0n) is 13.5. The summed E-state index contributed by atoms with van der Waals surface area (Å²) < 4.78 is 0. The number of nitrogens with one attached hydrogen (secondary N) is 1. The summed E-state index contributed by atoms with van der Waals surface area (Å²) in [5, 5.41) is 23.2. The van der Waals surface area contributed by atoms with Crippen LogP contribution in [-0.4, -0.2) is 34.6 Å². The molecule has 0 fully saturated rings. The number of benzene rings is 2. The molecule has 0 aliphatic rings. The molecule has 1 heterocycles. The summed E-state index contributed by atoms with van der Waals surface area (Å²) in [5.74, 6) is -0.744. The third kappa shape index (κ3) is 3.85. The first-order valence-corrected chi connectivity index (χ1v) is 7.89. The second-order valence-corrected chi connectivity index (χ2v) is 5.76. The molecule has 6 nitrogen and oxygen atoms in total. The normalized spacial score (nSPS) is 12.0. The molecule has 1 amide bonds. The highest BCUT2D eigenvalue weighted by atomic mass is 16.4. The molecular weight excluding hydrogens is 317 g/mol. The monoisotopic (exact) mass is 335 g/mol. The van der Waals surface area contributed by atoms with Crippen molar-refractivity contribution in [3.05, 3.63) is 66.5 Å². The lowest BCUT2D eigenvalue weighted by Gasteiger charge is -2.16. The van der Waals surface area contributed by atoms with Crippen LogP contribution in [0.1, 0.15) is 11.5 Å². The average molecular weight is 335 g/mol. The van der Waals surface area contributed by atoms with Crippen molar-refractivity contribution in [2.45, 2.75) is 5.92 Å². The van der Waals surface area contributed by atoms with Gasteiger partial charge in [0.05, 0.1) is 5.92 Å². The zero-order chi connectivity index (χ0) is 17.8. The molecule has 5 N–H and O–H groups in total. The van der Waals surface area contributed by atoms with Gasteiger partial charge in [-0.25, -0.2) is 0 Å². The number of rotatable bonds is 5. The molecule has 3 aromatic rings. The Morgan fingerprint density at radius 3 is 2.56 bits per heavy atom. The van der Waals surface area contributed by atoms with Crippen molar-refractivity contribution in [3.63, 3.8) is 0 Å². The van der Waals surface area contributed by atoms with Crippen LogP contribution < -0.4 is 16.5 Å². The predicted octanol–water partition coefficient (Wildman–Crippen LogP) is 0.596. The van der Waals surface area contributed by atoms with E-state index in [0.29, 0.717) is 11.2 Å². The molecule has 0 bridgehead atoms. The quantitative estimate of drug-likeness (QED) is 0.511. The third-order valence-electron chi connectivity index (χ3n) is 4.10. The van der Waals surface area contributed by atoms with E-state index >= 15 is 0 Å². The fraction of sp³-hybridized carbons (Fsp3) is 0.111. The molecule has 1 atom stereocenters. The molecule has 7 heteroatoms. The molecular formula is C18H18BN3O3. The van der Waals surface area contributed by atoms with Gasteiger partial charge in [0.2, 0.25) is 5.91 Å². The van der Waals surface area contributed by atoms with Crippen LogP contribution in [0.15, 0.2) is 60.9 Å². The van der Waals surface area contributed by atoms with Crippen molar-refractivity contribution < 1.29 is 14.8 Å². The van der Waals surface area contributed by atoms with Gasteiger partial charge in [0, 0.05) is 30.0 Å². The first kappa shape index (κ1) is 17.1. The standard InChI is InChI=1S/C18H18BN3O3/c20-10-17(12-1-4-15(5-2-12)19(24)25)18(23)22-16-6-3-14-11-21-8-7-13(14)9-16/h1-9,11,17,24-25H,10,20H2,(H,22,23). The molecule has 126 valence electrons. The van der Waals surface area contributed by atoms with Gasteiger partial charge in [-0.15, -0.1) is 0 Å². The lowest BCUT2D eigenvalue weighted by molar-refractivity contribution is -0.117. The van der Waals surface area contributed by atoms with E-state index in [4.69, 9.17) is 15.8 Å². The van der Waals surface area contributed by atoms with Gasteiger partial charge >= 0.3 is 7.12 Å². The first-order chi connectivity index (χ1) is 12.1. The Hall–Kier alpha value is -2.74. The first-order valence-electron chi connectivity index (χ1n) is 7.89. The number of fused-ring (bicyclic) bond motifs is 1. The molecule has 1 unspecified atom stereocenters. The summed E-state index contributed by atoms with van der Waals surface area (Å²) in [6, 6.07) is 14.0. The van der Waals surface area contributed by atoms with Crippen molar-refractivity contribution in [1.82, 2.24) is 4.98 Å². The summed E-state index contributed by atoms with van der Waals surface area (Å²) in [6.07, 6.45) is 3.47. The van der Waals surface area contributed by atoms with Crippen LogP contribution in [-0.2, 0) is 4.79 Å². The second-order valence-electron chi connectivity index (χ2n) is 5.76. The van der Waals surface area contributed by atoms with Crippen LogP contribution in [0, 0.1) is 0 Å². The smallest absolute Gasteiger partial charge is 0.423 e. The Balaban J connectivity index is 1.79. The number of hydrogen-bond acceptors (Lipinski definition) is 5. The number of aromatic nitrogens is 1. The van der Waals surface area contributed by atoms with E-state index in [1.165, 1.54) is 0 Å². The predicted molar refractivity (Wildman–Crippen MR) is 98.4 cm³/mol. The van der Waals surface area contributed by atoms with Crippen LogP contribution in [0.3, 0.4) is 0 Å². The Labute approximate surface area is 145 Å². The van der Waals surface area contributed by atoms with E-state index in [0.717, 1.165) is 16.3 Å². The summed E-state index contributed by atoms with van der Waals surface area (Å²) >= 11 is 0. The van der Waals surface area contributed by atoms with E-state index in [-0.39, 0.29) is 12.5 Å².